The fourth-order valence-electron chi connectivity index (χ4n) is 1.55. The normalized spacial score (nSPS) is 17.8. The number of amides is 1. The fourth-order valence-corrected chi connectivity index (χ4v) is 1.85. The number of ether oxygens (including phenoxy) is 3. The van der Waals surface area contributed by atoms with Crippen LogP contribution in [0.15, 0.2) is 28.4 Å². The first-order valence-corrected chi connectivity index (χ1v) is 5.73. The molecule has 1 aromatic carbocycles. The predicted molar refractivity (Wildman–Crippen MR) is 68.7 cm³/mol. The molecule has 6 nitrogen and oxygen atoms in total. The van der Waals surface area contributed by atoms with Crippen molar-refractivity contribution in [3.8, 4) is 11.5 Å². The highest BCUT2D eigenvalue weighted by atomic mass is 35.5. The molecule has 1 atom stereocenters. The van der Waals surface area contributed by atoms with Gasteiger partial charge >= 0.3 is 6.09 Å². The lowest BCUT2D eigenvalue weighted by atomic mass is 10.2. The van der Waals surface area contributed by atoms with Crippen LogP contribution in [0.1, 0.15) is 5.56 Å². The number of benzene rings is 1. The Morgan fingerprint density at radius 3 is 2.74 bits per heavy atom. The summed E-state index contributed by atoms with van der Waals surface area (Å²) in [6.45, 7) is 0. The number of carbonyl (C=O) groups is 1. The predicted octanol–water partition coefficient (Wildman–Crippen LogP) is 3.30. The average molecular weight is 283 g/mol. The van der Waals surface area contributed by atoms with Crippen LogP contribution < -0.4 is 9.47 Å². The van der Waals surface area contributed by atoms with Crippen molar-refractivity contribution >= 4 is 23.8 Å². The fraction of sp³-hybridized carbons (Fsp3) is 0.250. The highest BCUT2D eigenvalue weighted by molar-refractivity contribution is 6.33. The van der Waals surface area contributed by atoms with Crippen molar-refractivity contribution in [2.45, 2.75) is 6.23 Å². The molecule has 1 aliphatic rings. The van der Waals surface area contributed by atoms with E-state index in [-0.39, 0.29) is 0 Å². The third-order valence-electron chi connectivity index (χ3n) is 2.43. The zero-order chi connectivity index (χ0) is 13.8. The molecule has 1 heterocycles. The number of hydrogen-bond donors (Lipinski definition) is 0. The molecule has 100 valence electrons. The summed E-state index contributed by atoms with van der Waals surface area (Å²) in [6, 6.07) is 3.49. The lowest BCUT2D eigenvalue weighted by Gasteiger charge is -2.10. The molecular weight excluding hydrogens is 272 g/mol. The van der Waals surface area contributed by atoms with Gasteiger partial charge in [-0.2, -0.15) is 0 Å². The van der Waals surface area contributed by atoms with E-state index >= 15 is 0 Å². The summed E-state index contributed by atoms with van der Waals surface area (Å²) in [5.74, 6) is 0.980. The first-order valence-electron chi connectivity index (χ1n) is 5.36. The molecule has 7 heteroatoms. The molecule has 0 N–H and O–H groups in total. The van der Waals surface area contributed by atoms with Crippen LogP contribution in [0.3, 0.4) is 0 Å². The first-order chi connectivity index (χ1) is 9.15. The van der Waals surface area contributed by atoms with Crippen molar-refractivity contribution in [2.75, 3.05) is 14.2 Å². The van der Waals surface area contributed by atoms with Crippen molar-refractivity contribution < 1.29 is 19.0 Å². The molecule has 0 radical (unpaired) electrons. The van der Waals surface area contributed by atoms with Gasteiger partial charge < -0.3 is 14.2 Å². The SMILES string of the molecule is COc1ccc(C=CC2N=NC(=O)O2)c(Cl)c1OC. The van der Waals surface area contributed by atoms with E-state index in [1.807, 2.05) is 0 Å². The molecule has 0 aliphatic carbocycles. The maximum Gasteiger partial charge on any atom is 0.454 e. The number of rotatable bonds is 4. The number of cyclic esters (lactones) is 1. The maximum atomic E-state index is 10.7. The van der Waals surface area contributed by atoms with Crippen molar-refractivity contribution in [2.24, 2.45) is 10.2 Å². The second-order valence-corrected chi connectivity index (χ2v) is 3.93. The van der Waals surface area contributed by atoms with Gasteiger partial charge in [0.2, 0.25) is 6.23 Å². The van der Waals surface area contributed by atoms with Crippen molar-refractivity contribution in [1.82, 2.24) is 0 Å². The van der Waals surface area contributed by atoms with Gasteiger partial charge in [0.15, 0.2) is 11.5 Å². The van der Waals surface area contributed by atoms with E-state index < -0.39 is 12.3 Å². The van der Waals surface area contributed by atoms with Gasteiger partial charge in [0.05, 0.1) is 19.2 Å². The molecule has 0 saturated carbocycles. The summed E-state index contributed by atoms with van der Waals surface area (Å²) in [5.41, 5.74) is 0.692. The van der Waals surface area contributed by atoms with E-state index in [0.717, 1.165) is 0 Å². The molecule has 0 bridgehead atoms. The summed E-state index contributed by atoms with van der Waals surface area (Å²) < 4.78 is 15.1. The Balaban J connectivity index is 2.23. The number of azo groups is 1. The number of nitrogens with zero attached hydrogens (tertiary/aromatic N) is 2. The molecule has 0 aromatic heterocycles. The summed E-state index contributed by atoms with van der Waals surface area (Å²) in [6.07, 6.45) is 1.83. The molecular formula is C12H11ClN2O4. The Morgan fingerprint density at radius 1 is 1.37 bits per heavy atom. The highest BCUT2D eigenvalue weighted by Gasteiger charge is 2.17. The monoisotopic (exact) mass is 282 g/mol. The lowest BCUT2D eigenvalue weighted by Crippen LogP contribution is -2.01. The number of hydrogen-bond acceptors (Lipinski definition) is 5. The van der Waals surface area contributed by atoms with Crippen LogP contribution in [-0.4, -0.2) is 26.5 Å². The van der Waals surface area contributed by atoms with E-state index in [4.69, 9.17) is 25.8 Å². The molecule has 1 aliphatic heterocycles. The number of halogens is 1. The van der Waals surface area contributed by atoms with Crippen molar-refractivity contribution in [1.29, 1.82) is 0 Å². The summed E-state index contributed by atoms with van der Waals surface area (Å²) >= 11 is 6.19. The molecule has 1 unspecified atom stereocenters. The van der Waals surface area contributed by atoms with Gasteiger partial charge in [0.1, 0.15) is 0 Å². The standard InChI is InChI=1S/C12H11ClN2O4/c1-17-8-5-3-7(10(13)11(8)18-2)4-6-9-14-15-12(16)19-9/h3-6,9H,1-2H3. The Morgan fingerprint density at radius 2 is 2.16 bits per heavy atom. The minimum atomic E-state index is -0.711. The van der Waals surface area contributed by atoms with Crippen LogP contribution in [0, 0.1) is 0 Å². The second kappa shape index (κ2) is 5.71. The van der Waals surface area contributed by atoms with Crippen LogP contribution >= 0.6 is 11.6 Å². The third kappa shape index (κ3) is 2.85. The largest absolute Gasteiger partial charge is 0.493 e. The van der Waals surface area contributed by atoms with Gasteiger partial charge in [-0.3, -0.25) is 0 Å². The first kappa shape index (κ1) is 13.4. The van der Waals surface area contributed by atoms with Crippen LogP contribution in [-0.2, 0) is 4.74 Å². The topological polar surface area (TPSA) is 69.5 Å². The van der Waals surface area contributed by atoms with E-state index in [0.29, 0.717) is 22.1 Å². The van der Waals surface area contributed by atoms with Crippen molar-refractivity contribution in [3.05, 3.63) is 28.8 Å². The average Bonchev–Trinajstić information content (AvgIpc) is 2.82. The number of carbonyl (C=O) groups excluding carboxylic acids is 1. The van der Waals surface area contributed by atoms with E-state index in [1.54, 1.807) is 24.3 Å². The molecule has 1 aromatic rings. The van der Waals surface area contributed by atoms with Gasteiger partial charge in [0.25, 0.3) is 0 Å². The van der Waals surface area contributed by atoms with Crippen LogP contribution in [0.2, 0.25) is 5.02 Å². The van der Waals surface area contributed by atoms with Gasteiger partial charge in [-0.1, -0.05) is 22.8 Å². The second-order valence-electron chi connectivity index (χ2n) is 3.55. The number of methoxy groups -OCH3 is 2. The highest BCUT2D eigenvalue weighted by Crippen LogP contribution is 2.37. The quantitative estimate of drug-likeness (QED) is 0.849. The van der Waals surface area contributed by atoms with Gasteiger partial charge in [0, 0.05) is 0 Å². The minimum Gasteiger partial charge on any atom is -0.493 e. The Labute approximate surface area is 114 Å². The molecule has 2 rings (SSSR count). The molecule has 1 amide bonds. The minimum absolute atomic E-state index is 0.402. The van der Waals surface area contributed by atoms with Gasteiger partial charge in [-0.15, -0.1) is 5.11 Å². The van der Waals surface area contributed by atoms with E-state index in [2.05, 4.69) is 10.2 Å². The van der Waals surface area contributed by atoms with E-state index in [9.17, 15) is 4.79 Å². The summed E-state index contributed by atoms with van der Waals surface area (Å²) in [5, 5.41) is 7.26. The Hall–Kier alpha value is -2.08. The Kier molecular flexibility index (Phi) is 4.01. The maximum absolute atomic E-state index is 10.7. The van der Waals surface area contributed by atoms with Crippen LogP contribution in [0.5, 0.6) is 11.5 Å². The van der Waals surface area contributed by atoms with E-state index in [1.165, 1.54) is 14.2 Å². The van der Waals surface area contributed by atoms with Crippen molar-refractivity contribution in [3.63, 3.8) is 0 Å². The molecule has 0 fully saturated rings. The van der Waals surface area contributed by atoms with Crippen LogP contribution in [0.25, 0.3) is 6.08 Å². The summed E-state index contributed by atoms with van der Waals surface area (Å²) in [7, 11) is 3.03. The third-order valence-corrected chi connectivity index (χ3v) is 2.82. The van der Waals surface area contributed by atoms with Gasteiger partial charge in [-0.25, -0.2) is 4.79 Å². The Bertz CT molecular complexity index is 557. The van der Waals surface area contributed by atoms with Gasteiger partial charge in [-0.05, 0) is 23.8 Å². The molecule has 19 heavy (non-hydrogen) atoms. The zero-order valence-corrected chi connectivity index (χ0v) is 11.0. The lowest BCUT2D eigenvalue weighted by molar-refractivity contribution is 0.153. The molecule has 0 saturated heterocycles. The smallest absolute Gasteiger partial charge is 0.454 e. The summed E-state index contributed by atoms with van der Waals surface area (Å²) in [4.78, 5) is 10.7. The zero-order valence-electron chi connectivity index (χ0n) is 10.3. The molecule has 0 spiro atoms. The van der Waals surface area contributed by atoms with Crippen LogP contribution in [0.4, 0.5) is 4.79 Å².